The van der Waals surface area contributed by atoms with Crippen LogP contribution in [0.1, 0.15) is 27.1 Å². The Labute approximate surface area is 167 Å². The van der Waals surface area contributed by atoms with Crippen molar-refractivity contribution >= 4 is 27.8 Å². The molecule has 9 nitrogen and oxygen atoms in total. The Bertz CT molecular complexity index is 1030. The molecule has 1 aliphatic heterocycles. The van der Waals surface area contributed by atoms with Gasteiger partial charge in [-0.25, -0.2) is 8.42 Å². The maximum Gasteiger partial charge on any atom is 0.321 e. The molecule has 2 N–H and O–H groups in total. The summed E-state index contributed by atoms with van der Waals surface area (Å²) < 4.78 is 32.0. The maximum atomic E-state index is 12.5. The second-order valence-corrected chi connectivity index (χ2v) is 8.00. The van der Waals surface area contributed by atoms with E-state index in [9.17, 15) is 27.9 Å². The van der Waals surface area contributed by atoms with E-state index in [4.69, 9.17) is 4.74 Å². The Morgan fingerprint density at radius 1 is 1.07 bits per heavy atom. The molecule has 152 valence electrons. The van der Waals surface area contributed by atoms with E-state index in [2.05, 4.69) is 4.72 Å². The fraction of sp³-hybridized carbons (Fsp3) is 0.211. The van der Waals surface area contributed by atoms with Crippen LogP contribution >= 0.6 is 0 Å². The van der Waals surface area contributed by atoms with Crippen molar-refractivity contribution in [2.24, 2.45) is 0 Å². The first kappa shape index (κ1) is 20.5. The van der Waals surface area contributed by atoms with Gasteiger partial charge in [0.15, 0.2) is 0 Å². The first-order chi connectivity index (χ1) is 13.7. The van der Waals surface area contributed by atoms with Gasteiger partial charge in [-0.1, -0.05) is 12.1 Å². The highest BCUT2D eigenvalue weighted by molar-refractivity contribution is 7.89. The van der Waals surface area contributed by atoms with Crippen LogP contribution in [0.25, 0.3) is 0 Å². The third-order valence-electron chi connectivity index (χ3n) is 4.48. The van der Waals surface area contributed by atoms with Crippen LogP contribution < -0.4 is 9.46 Å². The van der Waals surface area contributed by atoms with Crippen molar-refractivity contribution in [3.8, 4) is 5.75 Å². The smallest absolute Gasteiger partial charge is 0.321 e. The van der Waals surface area contributed by atoms with Crippen LogP contribution in [0.15, 0.2) is 53.4 Å². The maximum absolute atomic E-state index is 12.5. The van der Waals surface area contributed by atoms with Gasteiger partial charge < -0.3 is 9.84 Å². The van der Waals surface area contributed by atoms with Gasteiger partial charge in [0.25, 0.3) is 11.8 Å². The summed E-state index contributed by atoms with van der Waals surface area (Å²) in [5.41, 5.74) is 0.478. The van der Waals surface area contributed by atoms with E-state index in [0.717, 1.165) is 4.90 Å². The third kappa shape index (κ3) is 4.13. The van der Waals surface area contributed by atoms with Crippen molar-refractivity contribution in [3.63, 3.8) is 0 Å². The normalized spacial score (nSPS) is 14.6. The van der Waals surface area contributed by atoms with Crippen LogP contribution in [-0.2, 0) is 14.8 Å². The molecule has 2 amide bonds. The van der Waals surface area contributed by atoms with Gasteiger partial charge in [0.1, 0.15) is 11.8 Å². The number of amides is 2. The predicted molar refractivity (Wildman–Crippen MR) is 101 cm³/mol. The number of sulfonamides is 1. The average Bonchev–Trinajstić information content (AvgIpc) is 2.95. The summed E-state index contributed by atoms with van der Waals surface area (Å²) in [4.78, 5) is 37.1. The Kier molecular flexibility index (Phi) is 5.66. The van der Waals surface area contributed by atoms with E-state index >= 15 is 0 Å². The van der Waals surface area contributed by atoms with Crippen LogP contribution in [0, 0.1) is 0 Å². The Morgan fingerprint density at radius 2 is 1.62 bits per heavy atom. The van der Waals surface area contributed by atoms with E-state index in [1.165, 1.54) is 43.5 Å². The number of aliphatic carboxylic acids is 1. The lowest BCUT2D eigenvalue weighted by molar-refractivity contribution is -0.139. The van der Waals surface area contributed by atoms with Crippen molar-refractivity contribution < 1.29 is 32.6 Å². The highest BCUT2D eigenvalue weighted by Crippen LogP contribution is 2.23. The number of hydrogen-bond acceptors (Lipinski definition) is 6. The fourth-order valence-electron chi connectivity index (χ4n) is 2.94. The minimum absolute atomic E-state index is 0.134. The Balaban J connectivity index is 1.72. The van der Waals surface area contributed by atoms with Crippen molar-refractivity contribution in [1.82, 2.24) is 9.62 Å². The van der Waals surface area contributed by atoms with Crippen LogP contribution in [0.5, 0.6) is 5.75 Å². The number of benzene rings is 2. The number of methoxy groups -OCH3 is 1. The van der Waals surface area contributed by atoms with Crippen LogP contribution in [0.2, 0.25) is 0 Å². The summed E-state index contributed by atoms with van der Waals surface area (Å²) in [7, 11) is -2.70. The third-order valence-corrected chi connectivity index (χ3v) is 5.97. The van der Waals surface area contributed by atoms with E-state index in [1.807, 2.05) is 0 Å². The van der Waals surface area contributed by atoms with Gasteiger partial charge in [-0.05, 0) is 42.8 Å². The van der Waals surface area contributed by atoms with Crippen LogP contribution in [0.3, 0.4) is 0 Å². The Morgan fingerprint density at radius 3 is 2.10 bits per heavy atom. The first-order valence-electron chi connectivity index (χ1n) is 8.59. The standard InChI is InChI=1S/C19H18N2O7S/c1-28-12-6-8-13(9-7-12)29(26,27)20-16(19(24)25)10-11-21-17(22)14-4-2-3-5-15(14)18(21)23/h2-9,16,20H,10-11H2,1H3,(H,24,25). The van der Waals surface area contributed by atoms with Crippen molar-refractivity contribution in [2.75, 3.05) is 13.7 Å². The summed E-state index contributed by atoms with van der Waals surface area (Å²) >= 11 is 0. The van der Waals surface area contributed by atoms with E-state index < -0.39 is 33.8 Å². The minimum Gasteiger partial charge on any atom is -0.497 e. The zero-order valence-corrected chi connectivity index (χ0v) is 16.2. The SMILES string of the molecule is COc1ccc(S(=O)(=O)NC(CCN2C(=O)c3ccccc3C2=O)C(=O)O)cc1. The second-order valence-electron chi connectivity index (χ2n) is 6.28. The number of ether oxygens (including phenoxy) is 1. The first-order valence-corrected chi connectivity index (χ1v) is 10.1. The van der Waals surface area contributed by atoms with E-state index in [1.54, 1.807) is 12.1 Å². The average molecular weight is 418 g/mol. The number of carboxylic acid groups (broad SMARTS) is 1. The van der Waals surface area contributed by atoms with E-state index in [0.29, 0.717) is 5.75 Å². The lowest BCUT2D eigenvalue weighted by atomic mass is 10.1. The molecule has 0 aliphatic carbocycles. The number of nitrogens with one attached hydrogen (secondary N) is 1. The van der Waals surface area contributed by atoms with E-state index in [-0.39, 0.29) is 29.0 Å². The topological polar surface area (TPSA) is 130 Å². The molecular weight excluding hydrogens is 400 g/mol. The number of carbonyl (C=O) groups excluding carboxylic acids is 2. The van der Waals surface area contributed by atoms with Gasteiger partial charge in [-0.2, -0.15) is 4.72 Å². The fourth-order valence-corrected chi connectivity index (χ4v) is 4.17. The molecule has 0 bridgehead atoms. The molecule has 0 saturated heterocycles. The number of hydrogen-bond donors (Lipinski definition) is 2. The largest absolute Gasteiger partial charge is 0.497 e. The molecule has 0 saturated carbocycles. The molecule has 2 aromatic rings. The van der Waals surface area contributed by atoms with Gasteiger partial charge in [0.05, 0.1) is 23.1 Å². The summed E-state index contributed by atoms with van der Waals surface area (Å²) in [6, 6.07) is 10.2. The number of carbonyl (C=O) groups is 3. The molecule has 2 aromatic carbocycles. The molecule has 1 heterocycles. The molecule has 1 aliphatic rings. The second kappa shape index (κ2) is 8.02. The van der Waals surface area contributed by atoms with Gasteiger partial charge in [0.2, 0.25) is 10.0 Å². The molecule has 0 aromatic heterocycles. The zero-order valence-electron chi connectivity index (χ0n) is 15.4. The molecule has 1 atom stereocenters. The van der Waals surface area contributed by atoms with Gasteiger partial charge in [-0.15, -0.1) is 0 Å². The molecule has 0 spiro atoms. The zero-order chi connectivity index (χ0) is 21.2. The van der Waals surface area contributed by atoms with Crippen LogP contribution in [0.4, 0.5) is 0 Å². The molecular formula is C19H18N2O7S. The number of rotatable bonds is 8. The molecule has 0 fully saturated rings. The lowest BCUT2D eigenvalue weighted by Crippen LogP contribution is -2.43. The van der Waals surface area contributed by atoms with Crippen LogP contribution in [-0.4, -0.2) is 55.9 Å². The van der Waals surface area contributed by atoms with Crippen molar-refractivity contribution in [1.29, 1.82) is 0 Å². The molecule has 1 unspecified atom stereocenters. The number of carboxylic acids is 1. The molecule has 10 heteroatoms. The summed E-state index contributed by atoms with van der Waals surface area (Å²) in [5.74, 6) is -2.04. The quantitative estimate of drug-likeness (QED) is 0.614. The predicted octanol–water partition coefficient (Wildman–Crippen LogP) is 1.11. The highest BCUT2D eigenvalue weighted by Gasteiger charge is 2.36. The minimum atomic E-state index is -4.13. The summed E-state index contributed by atoms with van der Waals surface area (Å²) in [5, 5.41) is 9.41. The molecule has 29 heavy (non-hydrogen) atoms. The highest BCUT2D eigenvalue weighted by atomic mass is 32.2. The molecule has 0 radical (unpaired) electrons. The number of nitrogens with zero attached hydrogens (tertiary/aromatic N) is 1. The molecule has 3 rings (SSSR count). The van der Waals surface area contributed by atoms with Gasteiger partial charge >= 0.3 is 5.97 Å². The summed E-state index contributed by atoms with van der Waals surface area (Å²) in [6.45, 7) is -0.242. The lowest BCUT2D eigenvalue weighted by Gasteiger charge is -2.19. The van der Waals surface area contributed by atoms with Crippen molar-refractivity contribution in [2.45, 2.75) is 17.4 Å². The van der Waals surface area contributed by atoms with Crippen molar-refractivity contribution in [3.05, 3.63) is 59.7 Å². The Hall–Kier alpha value is -3.24. The monoisotopic (exact) mass is 418 g/mol. The number of fused-ring (bicyclic) bond motifs is 1. The van der Waals surface area contributed by atoms with Gasteiger partial charge in [-0.3, -0.25) is 19.3 Å². The number of imide groups is 1. The summed E-state index contributed by atoms with van der Waals surface area (Å²) in [6.07, 6.45) is -0.282. The van der Waals surface area contributed by atoms with Gasteiger partial charge in [0, 0.05) is 6.54 Å².